The van der Waals surface area contributed by atoms with Crippen LogP contribution in [0.5, 0.6) is 5.75 Å². The lowest BCUT2D eigenvalue weighted by atomic mass is 10.1. The average Bonchev–Trinajstić information content (AvgIpc) is 2.82. The van der Waals surface area contributed by atoms with Crippen molar-refractivity contribution in [3.8, 4) is 5.75 Å². The van der Waals surface area contributed by atoms with Crippen LogP contribution in [0.3, 0.4) is 0 Å². The van der Waals surface area contributed by atoms with Gasteiger partial charge in [0.2, 0.25) is 0 Å². The lowest BCUT2D eigenvalue weighted by Gasteiger charge is -2.20. The number of carbonyl (C=O) groups is 1. The van der Waals surface area contributed by atoms with E-state index in [1.807, 2.05) is 24.3 Å². The van der Waals surface area contributed by atoms with E-state index >= 15 is 0 Å². The number of benzene rings is 3. The molecular formula is C24H26N2O4S. The standard InChI is InChI=1S/C24H26N2O4S/c1-26(31(28,29)23-14-4-3-5-15-23)21-12-7-11-20(18-21)24(27)25-16-8-10-19-9-6-13-22(17-19)30-2/h3-7,9,11-15,17-18H,8,10,16H2,1-2H3,(H,25,27). The van der Waals surface area contributed by atoms with Gasteiger partial charge in [0.25, 0.3) is 15.9 Å². The van der Waals surface area contributed by atoms with Crippen LogP contribution in [-0.4, -0.2) is 35.0 Å². The molecule has 1 amide bonds. The Hall–Kier alpha value is -3.32. The van der Waals surface area contributed by atoms with Gasteiger partial charge in [0.05, 0.1) is 17.7 Å². The van der Waals surface area contributed by atoms with Crippen molar-refractivity contribution in [1.29, 1.82) is 0 Å². The lowest BCUT2D eigenvalue weighted by Crippen LogP contribution is -2.28. The Morgan fingerprint density at radius 1 is 0.968 bits per heavy atom. The largest absolute Gasteiger partial charge is 0.497 e. The van der Waals surface area contributed by atoms with Gasteiger partial charge in [0, 0.05) is 19.2 Å². The first-order chi connectivity index (χ1) is 14.9. The molecule has 162 valence electrons. The fraction of sp³-hybridized carbons (Fsp3) is 0.208. The Morgan fingerprint density at radius 2 is 1.71 bits per heavy atom. The number of hydrogen-bond acceptors (Lipinski definition) is 4. The van der Waals surface area contributed by atoms with E-state index in [1.54, 1.807) is 61.7 Å². The van der Waals surface area contributed by atoms with Crippen LogP contribution in [0.25, 0.3) is 0 Å². The molecule has 0 saturated carbocycles. The monoisotopic (exact) mass is 438 g/mol. The van der Waals surface area contributed by atoms with Gasteiger partial charge in [0.15, 0.2) is 0 Å². The number of ether oxygens (including phenoxy) is 1. The summed E-state index contributed by atoms with van der Waals surface area (Å²) in [6, 6.07) is 22.6. The van der Waals surface area contributed by atoms with Crippen molar-refractivity contribution in [2.75, 3.05) is 25.0 Å². The second-order valence-corrected chi connectivity index (χ2v) is 9.02. The number of anilines is 1. The summed E-state index contributed by atoms with van der Waals surface area (Å²) in [7, 11) is -0.586. The molecule has 0 spiro atoms. The number of aryl methyl sites for hydroxylation is 1. The van der Waals surface area contributed by atoms with Crippen molar-refractivity contribution in [2.24, 2.45) is 0 Å². The van der Waals surface area contributed by atoms with Gasteiger partial charge < -0.3 is 10.1 Å². The van der Waals surface area contributed by atoms with Crippen LogP contribution >= 0.6 is 0 Å². The van der Waals surface area contributed by atoms with E-state index in [0.717, 1.165) is 24.2 Å². The van der Waals surface area contributed by atoms with E-state index in [4.69, 9.17) is 4.74 Å². The van der Waals surface area contributed by atoms with Crippen LogP contribution in [0.4, 0.5) is 5.69 Å². The van der Waals surface area contributed by atoms with E-state index in [-0.39, 0.29) is 10.8 Å². The zero-order valence-corrected chi connectivity index (χ0v) is 18.4. The molecule has 0 aliphatic carbocycles. The minimum atomic E-state index is -3.70. The molecule has 7 heteroatoms. The molecule has 0 unspecified atom stereocenters. The Labute approximate surface area is 183 Å². The zero-order chi connectivity index (χ0) is 22.3. The van der Waals surface area contributed by atoms with Gasteiger partial charge in [-0.05, 0) is 60.9 Å². The zero-order valence-electron chi connectivity index (χ0n) is 17.6. The number of nitrogens with one attached hydrogen (secondary N) is 1. The maximum atomic E-state index is 12.8. The molecule has 0 atom stereocenters. The Kier molecular flexibility index (Phi) is 7.31. The number of nitrogens with zero attached hydrogens (tertiary/aromatic N) is 1. The van der Waals surface area contributed by atoms with Gasteiger partial charge in [-0.2, -0.15) is 0 Å². The van der Waals surface area contributed by atoms with Crippen LogP contribution in [0.2, 0.25) is 0 Å². The summed E-state index contributed by atoms with van der Waals surface area (Å²) >= 11 is 0. The van der Waals surface area contributed by atoms with Crippen LogP contribution in [0.1, 0.15) is 22.3 Å². The molecule has 6 nitrogen and oxygen atoms in total. The molecule has 0 bridgehead atoms. The maximum absolute atomic E-state index is 12.8. The second-order valence-electron chi connectivity index (χ2n) is 7.05. The number of carbonyl (C=O) groups excluding carboxylic acids is 1. The molecule has 0 saturated heterocycles. The van der Waals surface area contributed by atoms with Crippen molar-refractivity contribution in [3.63, 3.8) is 0 Å². The molecule has 0 aliphatic rings. The van der Waals surface area contributed by atoms with Crippen LogP contribution in [0.15, 0.2) is 83.8 Å². The van der Waals surface area contributed by atoms with Gasteiger partial charge in [-0.25, -0.2) is 8.42 Å². The molecule has 0 radical (unpaired) electrons. The summed E-state index contributed by atoms with van der Waals surface area (Å²) in [5, 5.41) is 2.90. The number of sulfonamides is 1. The first-order valence-corrected chi connectivity index (χ1v) is 11.4. The van der Waals surface area contributed by atoms with Crippen molar-refractivity contribution < 1.29 is 17.9 Å². The second kappa shape index (κ2) is 10.1. The van der Waals surface area contributed by atoms with Crippen molar-refractivity contribution in [2.45, 2.75) is 17.7 Å². The predicted molar refractivity (Wildman–Crippen MR) is 122 cm³/mol. The predicted octanol–water partition coefficient (Wildman–Crippen LogP) is 3.88. The van der Waals surface area contributed by atoms with Gasteiger partial charge in [0.1, 0.15) is 5.75 Å². The van der Waals surface area contributed by atoms with Crippen LogP contribution in [0, 0.1) is 0 Å². The van der Waals surface area contributed by atoms with Gasteiger partial charge in [-0.1, -0.05) is 36.4 Å². The topological polar surface area (TPSA) is 75.7 Å². The lowest BCUT2D eigenvalue weighted by molar-refractivity contribution is 0.0953. The molecule has 1 N–H and O–H groups in total. The van der Waals surface area contributed by atoms with Gasteiger partial charge >= 0.3 is 0 Å². The normalized spacial score (nSPS) is 11.0. The molecule has 0 fully saturated rings. The third-order valence-corrected chi connectivity index (χ3v) is 6.74. The Balaban J connectivity index is 1.61. The molecule has 0 aliphatic heterocycles. The first kappa shape index (κ1) is 22.4. The SMILES string of the molecule is COc1cccc(CCCNC(=O)c2cccc(N(C)S(=O)(=O)c3ccccc3)c2)c1. The fourth-order valence-corrected chi connectivity index (χ4v) is 4.37. The summed E-state index contributed by atoms with van der Waals surface area (Å²) in [5.74, 6) is 0.575. The highest BCUT2D eigenvalue weighted by Gasteiger charge is 2.21. The smallest absolute Gasteiger partial charge is 0.264 e. The summed E-state index contributed by atoms with van der Waals surface area (Å²) in [5.41, 5.74) is 1.98. The average molecular weight is 439 g/mol. The van der Waals surface area contributed by atoms with Crippen LogP contribution in [-0.2, 0) is 16.4 Å². The highest BCUT2D eigenvalue weighted by atomic mass is 32.2. The third kappa shape index (κ3) is 5.64. The highest BCUT2D eigenvalue weighted by molar-refractivity contribution is 7.92. The van der Waals surface area contributed by atoms with Crippen molar-refractivity contribution >= 4 is 21.6 Å². The van der Waals surface area contributed by atoms with E-state index < -0.39 is 10.0 Å². The number of hydrogen-bond donors (Lipinski definition) is 1. The summed E-state index contributed by atoms with van der Waals surface area (Å²) in [6.07, 6.45) is 1.59. The minimum absolute atomic E-state index is 0.199. The Morgan fingerprint density at radius 3 is 2.45 bits per heavy atom. The van der Waals surface area contributed by atoms with E-state index in [9.17, 15) is 13.2 Å². The molecular weight excluding hydrogens is 412 g/mol. The molecule has 3 aromatic carbocycles. The number of methoxy groups -OCH3 is 1. The number of amides is 1. The Bertz CT molecular complexity index is 1130. The van der Waals surface area contributed by atoms with Crippen molar-refractivity contribution in [3.05, 3.63) is 90.0 Å². The first-order valence-electron chi connectivity index (χ1n) is 9.97. The fourth-order valence-electron chi connectivity index (χ4n) is 3.16. The maximum Gasteiger partial charge on any atom is 0.264 e. The summed E-state index contributed by atoms with van der Waals surface area (Å²) < 4.78 is 32.0. The van der Waals surface area contributed by atoms with E-state index in [2.05, 4.69) is 5.32 Å². The summed E-state index contributed by atoms with van der Waals surface area (Å²) in [4.78, 5) is 12.8. The summed E-state index contributed by atoms with van der Waals surface area (Å²) in [6.45, 7) is 0.512. The molecule has 0 aromatic heterocycles. The highest BCUT2D eigenvalue weighted by Crippen LogP contribution is 2.23. The van der Waals surface area contributed by atoms with Crippen LogP contribution < -0.4 is 14.4 Å². The minimum Gasteiger partial charge on any atom is -0.497 e. The van der Waals surface area contributed by atoms with E-state index in [1.165, 1.54) is 11.4 Å². The van der Waals surface area contributed by atoms with E-state index in [0.29, 0.717) is 17.8 Å². The molecule has 0 heterocycles. The number of rotatable bonds is 9. The van der Waals surface area contributed by atoms with Crippen molar-refractivity contribution in [1.82, 2.24) is 5.32 Å². The van der Waals surface area contributed by atoms with Gasteiger partial charge in [-0.3, -0.25) is 9.10 Å². The molecule has 31 heavy (non-hydrogen) atoms. The quantitative estimate of drug-likeness (QED) is 0.515. The molecule has 3 aromatic rings. The van der Waals surface area contributed by atoms with Gasteiger partial charge in [-0.15, -0.1) is 0 Å². The molecule has 3 rings (SSSR count). The third-order valence-electron chi connectivity index (χ3n) is 4.94.